The summed E-state index contributed by atoms with van der Waals surface area (Å²) in [5, 5.41) is 11.7. The molecule has 4 rings (SSSR count). The Morgan fingerprint density at radius 3 is 2.71 bits per heavy atom. The van der Waals surface area contributed by atoms with Crippen LogP contribution in [0.3, 0.4) is 0 Å². The Bertz CT molecular complexity index is 1200. The number of rotatable bonds is 7. The van der Waals surface area contributed by atoms with Gasteiger partial charge in [0.15, 0.2) is 0 Å². The number of amides is 1. The van der Waals surface area contributed by atoms with Crippen LogP contribution in [0.4, 0.5) is 29.1 Å². The molecule has 0 saturated carbocycles. The van der Waals surface area contributed by atoms with E-state index in [1.165, 1.54) is 0 Å². The first-order valence-electron chi connectivity index (χ1n) is 10.9. The number of carbonyl (C=O) groups is 1. The number of aliphatic hydroxyl groups excluding tert-OH is 1. The number of pyridine rings is 1. The molecule has 0 aliphatic carbocycles. The molecule has 1 amide bonds. The third kappa shape index (κ3) is 5.20. The lowest BCUT2D eigenvalue weighted by atomic mass is 10.0. The van der Waals surface area contributed by atoms with Crippen molar-refractivity contribution < 1.29 is 27.5 Å². The SMILES string of the molecule is O=C(NCCCO)c1cccc2c1CCN2c1cc(Cc2cc(F)cc(C(F)(F)F)c2)ccn1. The molecule has 0 radical (unpaired) electrons. The van der Waals surface area contributed by atoms with E-state index in [-0.39, 0.29) is 24.5 Å². The lowest BCUT2D eigenvalue weighted by Gasteiger charge is -2.19. The molecular weight excluding hydrogens is 450 g/mol. The predicted octanol–water partition coefficient (Wildman–Crippen LogP) is 4.64. The maximum atomic E-state index is 13.8. The molecule has 2 heterocycles. The highest BCUT2D eigenvalue weighted by atomic mass is 19.4. The monoisotopic (exact) mass is 473 g/mol. The summed E-state index contributed by atoms with van der Waals surface area (Å²) in [5.41, 5.74) is 2.17. The topological polar surface area (TPSA) is 65.5 Å². The molecule has 2 aromatic carbocycles. The number of nitrogens with one attached hydrogen (secondary N) is 1. The molecule has 1 aliphatic heterocycles. The summed E-state index contributed by atoms with van der Waals surface area (Å²) in [6.45, 7) is 0.962. The maximum absolute atomic E-state index is 13.8. The first-order valence-corrected chi connectivity index (χ1v) is 10.9. The zero-order chi connectivity index (χ0) is 24.3. The summed E-state index contributed by atoms with van der Waals surface area (Å²) >= 11 is 0. The number of nitrogens with zero attached hydrogens (tertiary/aromatic N) is 2. The Morgan fingerprint density at radius 2 is 1.94 bits per heavy atom. The summed E-state index contributed by atoms with van der Waals surface area (Å²) in [7, 11) is 0. The van der Waals surface area contributed by atoms with Crippen LogP contribution in [0.1, 0.15) is 39.0 Å². The highest BCUT2D eigenvalue weighted by Gasteiger charge is 2.31. The van der Waals surface area contributed by atoms with Gasteiger partial charge in [-0.1, -0.05) is 6.07 Å². The van der Waals surface area contributed by atoms with Gasteiger partial charge in [-0.3, -0.25) is 4.79 Å². The lowest BCUT2D eigenvalue weighted by Crippen LogP contribution is -2.25. The third-order valence-electron chi connectivity index (χ3n) is 5.67. The number of hydrogen-bond donors (Lipinski definition) is 2. The van der Waals surface area contributed by atoms with Gasteiger partial charge in [0, 0.05) is 37.1 Å². The van der Waals surface area contributed by atoms with E-state index in [0.717, 1.165) is 23.4 Å². The van der Waals surface area contributed by atoms with Gasteiger partial charge in [0.05, 0.1) is 5.56 Å². The van der Waals surface area contributed by atoms with Gasteiger partial charge in [-0.15, -0.1) is 0 Å². The molecule has 9 heteroatoms. The second-order valence-electron chi connectivity index (χ2n) is 8.08. The fraction of sp³-hybridized carbons (Fsp3) is 0.280. The van der Waals surface area contributed by atoms with Crippen LogP contribution in [-0.2, 0) is 19.0 Å². The van der Waals surface area contributed by atoms with E-state index < -0.39 is 17.6 Å². The van der Waals surface area contributed by atoms with Gasteiger partial charge in [-0.25, -0.2) is 9.37 Å². The Kier molecular flexibility index (Phi) is 6.83. The Morgan fingerprint density at radius 1 is 1.12 bits per heavy atom. The molecule has 0 saturated heterocycles. The molecule has 3 aromatic rings. The third-order valence-corrected chi connectivity index (χ3v) is 5.67. The van der Waals surface area contributed by atoms with Crippen molar-refractivity contribution >= 4 is 17.4 Å². The minimum atomic E-state index is -4.62. The summed E-state index contributed by atoms with van der Waals surface area (Å²) in [6.07, 6.45) is -1.84. The number of benzene rings is 2. The molecule has 0 fully saturated rings. The summed E-state index contributed by atoms with van der Waals surface area (Å²) in [4.78, 5) is 18.9. The van der Waals surface area contributed by atoms with Gasteiger partial charge < -0.3 is 15.3 Å². The van der Waals surface area contributed by atoms with Gasteiger partial charge >= 0.3 is 6.18 Å². The number of aromatic nitrogens is 1. The summed E-state index contributed by atoms with van der Waals surface area (Å²) < 4.78 is 52.9. The number of hydrogen-bond acceptors (Lipinski definition) is 4. The minimum Gasteiger partial charge on any atom is -0.396 e. The molecular formula is C25H23F4N3O2. The van der Waals surface area contributed by atoms with Crippen molar-refractivity contribution in [1.29, 1.82) is 0 Å². The molecule has 1 aliphatic rings. The number of fused-ring (bicyclic) bond motifs is 1. The average Bonchev–Trinajstić information content (AvgIpc) is 3.23. The molecule has 1 aromatic heterocycles. The van der Waals surface area contributed by atoms with Crippen LogP contribution in [0, 0.1) is 5.82 Å². The van der Waals surface area contributed by atoms with Gasteiger partial charge in [0.2, 0.25) is 0 Å². The quantitative estimate of drug-likeness (QED) is 0.388. The van der Waals surface area contributed by atoms with Crippen LogP contribution < -0.4 is 10.2 Å². The van der Waals surface area contributed by atoms with Gasteiger partial charge in [0.25, 0.3) is 5.91 Å². The van der Waals surface area contributed by atoms with Crippen molar-refractivity contribution in [3.8, 4) is 0 Å². The van der Waals surface area contributed by atoms with Gasteiger partial charge in [-0.2, -0.15) is 13.2 Å². The smallest absolute Gasteiger partial charge is 0.396 e. The zero-order valence-corrected chi connectivity index (χ0v) is 18.2. The standard InChI is InChI=1S/C25H23F4N3O2/c26-19-13-17(12-18(15-19)25(27,28)29)11-16-5-8-30-23(14-16)32-9-6-20-21(3-1-4-22(20)32)24(34)31-7-2-10-33/h1,3-5,8,12-15,33H,2,6-7,9-11H2,(H,31,34). The van der Waals surface area contributed by atoms with Crippen molar-refractivity contribution in [2.75, 3.05) is 24.6 Å². The van der Waals surface area contributed by atoms with E-state index in [9.17, 15) is 22.4 Å². The van der Waals surface area contributed by atoms with Crippen LogP contribution in [0.25, 0.3) is 0 Å². The molecule has 0 spiro atoms. The minimum absolute atomic E-state index is 0.00386. The van der Waals surface area contributed by atoms with E-state index in [4.69, 9.17) is 5.11 Å². The van der Waals surface area contributed by atoms with E-state index in [2.05, 4.69) is 10.3 Å². The molecule has 2 N–H and O–H groups in total. The van der Waals surface area contributed by atoms with Crippen LogP contribution in [0.15, 0.2) is 54.7 Å². The van der Waals surface area contributed by atoms with E-state index in [1.807, 2.05) is 11.0 Å². The normalized spacial score (nSPS) is 13.1. The van der Waals surface area contributed by atoms with Crippen molar-refractivity contribution in [3.05, 3.63) is 88.4 Å². The van der Waals surface area contributed by atoms with Crippen LogP contribution in [0.2, 0.25) is 0 Å². The van der Waals surface area contributed by atoms with Crippen molar-refractivity contribution in [2.45, 2.75) is 25.4 Å². The molecule has 5 nitrogen and oxygen atoms in total. The second-order valence-corrected chi connectivity index (χ2v) is 8.08. The number of aliphatic hydroxyl groups is 1. The first kappa shape index (κ1) is 23.7. The van der Waals surface area contributed by atoms with Gasteiger partial charge in [0.1, 0.15) is 11.6 Å². The molecule has 0 atom stereocenters. The largest absolute Gasteiger partial charge is 0.416 e. The number of anilines is 2. The van der Waals surface area contributed by atoms with E-state index in [1.54, 1.807) is 30.5 Å². The fourth-order valence-corrected chi connectivity index (χ4v) is 4.13. The molecule has 34 heavy (non-hydrogen) atoms. The van der Waals surface area contributed by atoms with E-state index in [0.29, 0.717) is 48.9 Å². The number of carbonyl (C=O) groups excluding carboxylic acids is 1. The number of halogens is 4. The first-order chi connectivity index (χ1) is 16.3. The fourth-order valence-electron chi connectivity index (χ4n) is 4.13. The Balaban J connectivity index is 1.57. The van der Waals surface area contributed by atoms with E-state index >= 15 is 0 Å². The second kappa shape index (κ2) is 9.80. The number of alkyl halides is 3. The highest BCUT2D eigenvalue weighted by Crippen LogP contribution is 2.36. The van der Waals surface area contributed by atoms with Crippen LogP contribution in [0.5, 0.6) is 0 Å². The van der Waals surface area contributed by atoms with Crippen LogP contribution in [-0.4, -0.2) is 35.7 Å². The maximum Gasteiger partial charge on any atom is 0.416 e. The van der Waals surface area contributed by atoms with Crippen LogP contribution >= 0.6 is 0 Å². The highest BCUT2D eigenvalue weighted by molar-refractivity contribution is 5.98. The predicted molar refractivity (Wildman–Crippen MR) is 120 cm³/mol. The summed E-state index contributed by atoms with van der Waals surface area (Å²) in [5.74, 6) is -0.542. The molecule has 0 unspecified atom stereocenters. The lowest BCUT2D eigenvalue weighted by molar-refractivity contribution is -0.137. The molecule has 0 bridgehead atoms. The summed E-state index contributed by atoms with van der Waals surface area (Å²) in [6, 6.07) is 11.4. The average molecular weight is 473 g/mol. The van der Waals surface area contributed by atoms with Crippen molar-refractivity contribution in [3.63, 3.8) is 0 Å². The van der Waals surface area contributed by atoms with Crippen molar-refractivity contribution in [1.82, 2.24) is 10.3 Å². The van der Waals surface area contributed by atoms with Crippen molar-refractivity contribution in [2.24, 2.45) is 0 Å². The Labute approximate surface area is 194 Å². The Hall–Kier alpha value is -3.46. The van der Waals surface area contributed by atoms with Gasteiger partial charge in [-0.05, 0) is 78.4 Å². The zero-order valence-electron chi connectivity index (χ0n) is 18.2. The molecule has 178 valence electrons.